The third-order valence-electron chi connectivity index (χ3n) is 3.68. The maximum atomic E-state index is 5.68. The molecule has 2 rings (SSSR count). The molecule has 17 heavy (non-hydrogen) atoms. The van der Waals surface area contributed by atoms with Gasteiger partial charge in [0.05, 0.1) is 12.8 Å². The Morgan fingerprint density at radius 1 is 1.47 bits per heavy atom. The second-order valence-corrected chi connectivity index (χ2v) is 4.79. The molecule has 1 atom stereocenters. The van der Waals surface area contributed by atoms with Gasteiger partial charge in [-0.2, -0.15) is 0 Å². The van der Waals surface area contributed by atoms with Crippen LogP contribution in [0, 0.1) is 0 Å². The Labute approximate surface area is 103 Å². The lowest BCUT2D eigenvalue weighted by Gasteiger charge is -2.39. The van der Waals surface area contributed by atoms with E-state index in [0.717, 1.165) is 44.0 Å². The molecule has 1 aromatic rings. The topological polar surface area (TPSA) is 45.6 Å². The van der Waals surface area contributed by atoms with E-state index in [2.05, 4.69) is 23.6 Å². The summed E-state index contributed by atoms with van der Waals surface area (Å²) < 4.78 is 5.51. The summed E-state index contributed by atoms with van der Waals surface area (Å²) >= 11 is 0. The predicted octanol–water partition coefficient (Wildman–Crippen LogP) is 1.26. The van der Waals surface area contributed by atoms with Crippen LogP contribution >= 0.6 is 0 Å². The molecule has 1 aromatic heterocycles. The van der Waals surface area contributed by atoms with Gasteiger partial charge in [0.1, 0.15) is 5.76 Å². The first kappa shape index (κ1) is 12.6. The number of nitrogens with zero attached hydrogens (tertiary/aromatic N) is 2. The van der Waals surface area contributed by atoms with Crippen molar-refractivity contribution in [1.29, 1.82) is 0 Å². The van der Waals surface area contributed by atoms with Gasteiger partial charge in [-0.1, -0.05) is 6.92 Å². The Balaban J connectivity index is 1.93. The molecule has 1 aliphatic rings. The average molecular weight is 237 g/mol. The van der Waals surface area contributed by atoms with Crippen LogP contribution in [0.25, 0.3) is 0 Å². The Kier molecular flexibility index (Phi) is 4.20. The van der Waals surface area contributed by atoms with E-state index in [4.69, 9.17) is 10.2 Å². The lowest BCUT2D eigenvalue weighted by Crippen LogP contribution is -2.51. The highest BCUT2D eigenvalue weighted by Crippen LogP contribution is 2.16. The van der Waals surface area contributed by atoms with Crippen LogP contribution in [0.2, 0.25) is 0 Å². The van der Waals surface area contributed by atoms with Gasteiger partial charge in [-0.3, -0.25) is 9.80 Å². The number of nitrogens with two attached hydrogens (primary N) is 1. The van der Waals surface area contributed by atoms with Crippen LogP contribution in [-0.4, -0.2) is 42.0 Å². The van der Waals surface area contributed by atoms with Gasteiger partial charge in [-0.25, -0.2) is 0 Å². The molecule has 4 nitrogen and oxygen atoms in total. The molecule has 0 aliphatic carbocycles. The van der Waals surface area contributed by atoms with Gasteiger partial charge < -0.3 is 10.2 Å². The smallest absolute Gasteiger partial charge is 0.122 e. The molecule has 1 saturated heterocycles. The zero-order chi connectivity index (χ0) is 12.3. The summed E-state index contributed by atoms with van der Waals surface area (Å²) in [6.07, 6.45) is 1.74. The van der Waals surface area contributed by atoms with E-state index in [1.807, 2.05) is 6.07 Å². The number of rotatable bonds is 4. The first-order valence-corrected chi connectivity index (χ1v) is 6.46. The average Bonchev–Trinajstić information content (AvgIpc) is 2.76. The number of likely N-dealkylation sites (N-methyl/N-ethyl adjacent to an activating group) is 1. The molecule has 0 radical (unpaired) electrons. The first-order chi connectivity index (χ1) is 8.24. The van der Waals surface area contributed by atoms with Gasteiger partial charge in [-0.15, -0.1) is 0 Å². The maximum Gasteiger partial charge on any atom is 0.122 e. The van der Waals surface area contributed by atoms with Crippen molar-refractivity contribution in [3.63, 3.8) is 0 Å². The molecule has 0 spiro atoms. The van der Waals surface area contributed by atoms with E-state index >= 15 is 0 Å². The fourth-order valence-electron chi connectivity index (χ4n) is 2.57. The van der Waals surface area contributed by atoms with Gasteiger partial charge in [0.25, 0.3) is 0 Å². The van der Waals surface area contributed by atoms with E-state index in [0.29, 0.717) is 12.6 Å². The van der Waals surface area contributed by atoms with Crippen molar-refractivity contribution < 1.29 is 4.42 Å². The minimum Gasteiger partial charge on any atom is -0.468 e. The van der Waals surface area contributed by atoms with Crippen LogP contribution in [0.3, 0.4) is 0 Å². The molecular weight excluding hydrogens is 214 g/mol. The highest BCUT2D eigenvalue weighted by atomic mass is 16.3. The Hall–Kier alpha value is -0.840. The SMILES string of the molecule is CCN1CCN(Cc2occc2CN)CC1C. The number of hydrogen-bond donors (Lipinski definition) is 1. The van der Waals surface area contributed by atoms with Gasteiger partial charge in [0.2, 0.25) is 0 Å². The van der Waals surface area contributed by atoms with Gasteiger partial charge in [0.15, 0.2) is 0 Å². The Morgan fingerprint density at radius 2 is 2.29 bits per heavy atom. The minimum atomic E-state index is 0.566. The predicted molar refractivity (Wildman–Crippen MR) is 68.6 cm³/mol. The normalized spacial score (nSPS) is 23.1. The van der Waals surface area contributed by atoms with Crippen LogP contribution in [0.15, 0.2) is 16.7 Å². The van der Waals surface area contributed by atoms with E-state index < -0.39 is 0 Å². The molecule has 1 aliphatic heterocycles. The van der Waals surface area contributed by atoms with Crippen molar-refractivity contribution in [3.05, 3.63) is 23.7 Å². The summed E-state index contributed by atoms with van der Waals surface area (Å²) in [6.45, 7) is 10.5. The molecular formula is C13H23N3O. The van der Waals surface area contributed by atoms with Crippen molar-refractivity contribution >= 4 is 0 Å². The van der Waals surface area contributed by atoms with Crippen molar-refractivity contribution in [1.82, 2.24) is 9.80 Å². The minimum absolute atomic E-state index is 0.566. The first-order valence-electron chi connectivity index (χ1n) is 6.46. The molecule has 0 aromatic carbocycles. The maximum absolute atomic E-state index is 5.68. The second-order valence-electron chi connectivity index (χ2n) is 4.79. The van der Waals surface area contributed by atoms with Gasteiger partial charge in [0, 0.05) is 37.8 Å². The van der Waals surface area contributed by atoms with Gasteiger partial charge in [-0.05, 0) is 19.5 Å². The summed E-state index contributed by atoms with van der Waals surface area (Å²) in [5.74, 6) is 1.03. The molecule has 96 valence electrons. The lowest BCUT2D eigenvalue weighted by atomic mass is 10.1. The fourth-order valence-corrected chi connectivity index (χ4v) is 2.57. The zero-order valence-corrected chi connectivity index (χ0v) is 10.9. The number of furan rings is 1. The molecule has 2 heterocycles. The highest BCUT2D eigenvalue weighted by molar-refractivity contribution is 5.16. The van der Waals surface area contributed by atoms with Crippen LogP contribution in [-0.2, 0) is 13.1 Å². The number of piperazine rings is 1. The third-order valence-corrected chi connectivity index (χ3v) is 3.68. The summed E-state index contributed by atoms with van der Waals surface area (Å²) in [4.78, 5) is 4.97. The van der Waals surface area contributed by atoms with E-state index in [1.165, 1.54) is 0 Å². The Bertz CT molecular complexity index is 350. The van der Waals surface area contributed by atoms with Crippen molar-refractivity contribution in [3.8, 4) is 0 Å². The molecule has 4 heteroatoms. The van der Waals surface area contributed by atoms with Crippen molar-refractivity contribution in [2.75, 3.05) is 26.2 Å². The molecule has 1 fully saturated rings. The van der Waals surface area contributed by atoms with E-state index in [1.54, 1.807) is 6.26 Å². The summed E-state index contributed by atoms with van der Waals surface area (Å²) in [6, 6.07) is 2.60. The lowest BCUT2D eigenvalue weighted by molar-refractivity contribution is 0.0787. The third kappa shape index (κ3) is 2.89. The summed E-state index contributed by atoms with van der Waals surface area (Å²) in [5, 5.41) is 0. The molecule has 2 N–H and O–H groups in total. The van der Waals surface area contributed by atoms with Crippen LogP contribution in [0.4, 0.5) is 0 Å². The van der Waals surface area contributed by atoms with Gasteiger partial charge >= 0.3 is 0 Å². The molecule has 1 unspecified atom stereocenters. The quantitative estimate of drug-likeness (QED) is 0.856. The molecule has 0 bridgehead atoms. The second kappa shape index (κ2) is 5.67. The van der Waals surface area contributed by atoms with E-state index in [9.17, 15) is 0 Å². The molecule has 0 amide bonds. The van der Waals surface area contributed by atoms with Crippen LogP contribution in [0.1, 0.15) is 25.2 Å². The van der Waals surface area contributed by atoms with Crippen LogP contribution in [0.5, 0.6) is 0 Å². The van der Waals surface area contributed by atoms with Crippen molar-refractivity contribution in [2.45, 2.75) is 33.0 Å². The van der Waals surface area contributed by atoms with Crippen molar-refractivity contribution in [2.24, 2.45) is 5.73 Å². The zero-order valence-electron chi connectivity index (χ0n) is 10.9. The monoisotopic (exact) mass is 237 g/mol. The summed E-state index contributed by atoms with van der Waals surface area (Å²) in [5.41, 5.74) is 6.82. The van der Waals surface area contributed by atoms with Crippen LogP contribution < -0.4 is 5.73 Å². The fraction of sp³-hybridized carbons (Fsp3) is 0.692. The molecule has 0 saturated carbocycles. The van der Waals surface area contributed by atoms with E-state index in [-0.39, 0.29) is 0 Å². The number of hydrogen-bond acceptors (Lipinski definition) is 4. The largest absolute Gasteiger partial charge is 0.468 e. The Morgan fingerprint density at radius 3 is 2.94 bits per heavy atom. The standard InChI is InChI=1S/C13H23N3O/c1-3-16-6-5-15(9-11(16)2)10-13-12(8-14)4-7-17-13/h4,7,11H,3,5-6,8-10,14H2,1-2H3. The summed E-state index contributed by atoms with van der Waals surface area (Å²) in [7, 11) is 0. The highest BCUT2D eigenvalue weighted by Gasteiger charge is 2.23.